The summed E-state index contributed by atoms with van der Waals surface area (Å²) in [4.78, 5) is 4.52. The van der Waals surface area contributed by atoms with E-state index >= 15 is 0 Å². The number of nitrogens with zero attached hydrogens (tertiary/aromatic N) is 1. The number of benzene rings is 1. The second-order valence-corrected chi connectivity index (χ2v) is 6.54. The minimum Gasteiger partial charge on any atom is -0.496 e. The minimum atomic E-state index is 0.824. The molecule has 1 aromatic carbocycles. The zero-order chi connectivity index (χ0) is 15.0. The fourth-order valence-electron chi connectivity index (χ4n) is 2.34. The molecule has 0 radical (unpaired) electrons. The zero-order valence-corrected chi connectivity index (χ0v) is 14.4. The van der Waals surface area contributed by atoms with Crippen molar-refractivity contribution in [2.24, 2.45) is 0 Å². The molecular weight excluding hydrogens is 348 g/mol. The first kappa shape index (κ1) is 14.4. The number of ether oxygens (including phenoxy) is 1. The second-order valence-electron chi connectivity index (χ2n) is 4.84. The summed E-state index contributed by atoms with van der Waals surface area (Å²) in [7, 11) is 1.69. The van der Waals surface area contributed by atoms with Gasteiger partial charge < -0.3 is 10.1 Å². The number of hydrogen-bond acceptors (Lipinski definition) is 4. The smallest absolute Gasteiger partial charge is 0.146 e. The van der Waals surface area contributed by atoms with Crippen molar-refractivity contribution in [1.82, 2.24) is 4.98 Å². The van der Waals surface area contributed by atoms with Gasteiger partial charge in [-0.1, -0.05) is 6.07 Å². The molecule has 0 spiro atoms. The van der Waals surface area contributed by atoms with Crippen LogP contribution in [0.15, 0.2) is 34.2 Å². The number of pyridine rings is 1. The largest absolute Gasteiger partial charge is 0.496 e. The summed E-state index contributed by atoms with van der Waals surface area (Å²) in [5, 5.41) is 6.66. The van der Waals surface area contributed by atoms with Crippen LogP contribution in [0, 0.1) is 13.8 Å². The SMILES string of the molecule is COc1ccc(C)c(Nc2ncc3ccsc3c2Br)c1C. The lowest BCUT2D eigenvalue weighted by atomic mass is 10.1. The lowest BCUT2D eigenvalue weighted by Crippen LogP contribution is -2.00. The highest BCUT2D eigenvalue weighted by atomic mass is 79.9. The van der Waals surface area contributed by atoms with Crippen molar-refractivity contribution in [2.45, 2.75) is 13.8 Å². The summed E-state index contributed by atoms with van der Waals surface area (Å²) in [6, 6.07) is 6.11. The summed E-state index contributed by atoms with van der Waals surface area (Å²) >= 11 is 5.36. The van der Waals surface area contributed by atoms with Gasteiger partial charge in [0.2, 0.25) is 0 Å². The van der Waals surface area contributed by atoms with Gasteiger partial charge in [0, 0.05) is 22.8 Å². The van der Waals surface area contributed by atoms with Gasteiger partial charge in [-0.15, -0.1) is 11.3 Å². The van der Waals surface area contributed by atoms with Gasteiger partial charge in [-0.25, -0.2) is 4.98 Å². The number of halogens is 1. The summed E-state index contributed by atoms with van der Waals surface area (Å²) in [5.74, 6) is 1.70. The number of hydrogen-bond donors (Lipinski definition) is 1. The molecule has 0 amide bonds. The molecule has 3 aromatic rings. The van der Waals surface area contributed by atoms with E-state index in [-0.39, 0.29) is 0 Å². The molecular formula is C16H15BrN2OS. The molecule has 0 saturated carbocycles. The van der Waals surface area contributed by atoms with Crippen LogP contribution in [0.2, 0.25) is 0 Å². The Bertz CT molecular complexity index is 813. The Labute approximate surface area is 136 Å². The maximum Gasteiger partial charge on any atom is 0.146 e. The Morgan fingerprint density at radius 1 is 1.24 bits per heavy atom. The van der Waals surface area contributed by atoms with Crippen molar-refractivity contribution in [2.75, 3.05) is 12.4 Å². The second kappa shape index (κ2) is 5.66. The molecule has 3 nitrogen and oxygen atoms in total. The van der Waals surface area contributed by atoms with E-state index in [9.17, 15) is 0 Å². The average Bonchev–Trinajstić information content (AvgIpc) is 2.95. The number of methoxy groups -OCH3 is 1. The molecule has 0 aliphatic heterocycles. The monoisotopic (exact) mass is 362 g/mol. The normalized spacial score (nSPS) is 10.9. The van der Waals surface area contributed by atoms with Crippen LogP contribution in [0.1, 0.15) is 11.1 Å². The van der Waals surface area contributed by atoms with Gasteiger partial charge in [-0.3, -0.25) is 0 Å². The van der Waals surface area contributed by atoms with Crippen molar-refractivity contribution < 1.29 is 4.74 Å². The van der Waals surface area contributed by atoms with Crippen LogP contribution in [0.3, 0.4) is 0 Å². The third-order valence-electron chi connectivity index (χ3n) is 3.52. The fourth-order valence-corrected chi connectivity index (χ4v) is 3.86. The molecule has 0 bridgehead atoms. The number of fused-ring (bicyclic) bond motifs is 1. The van der Waals surface area contributed by atoms with Gasteiger partial charge in [-0.05, 0) is 52.9 Å². The first-order valence-corrected chi connectivity index (χ1v) is 8.22. The van der Waals surface area contributed by atoms with E-state index in [1.807, 2.05) is 25.3 Å². The molecule has 0 saturated heterocycles. The fraction of sp³-hybridized carbons (Fsp3) is 0.188. The van der Waals surface area contributed by atoms with Crippen LogP contribution in [0.5, 0.6) is 5.75 Å². The molecule has 3 rings (SSSR count). The number of thiophene rings is 1. The summed E-state index contributed by atoms with van der Waals surface area (Å²) in [6.07, 6.45) is 1.89. The molecule has 2 heterocycles. The summed E-state index contributed by atoms with van der Waals surface area (Å²) in [6.45, 7) is 4.12. The third kappa shape index (κ3) is 2.51. The van der Waals surface area contributed by atoms with E-state index in [2.05, 4.69) is 44.6 Å². The first-order valence-electron chi connectivity index (χ1n) is 6.54. The van der Waals surface area contributed by atoms with Crippen LogP contribution < -0.4 is 10.1 Å². The Balaban J connectivity index is 2.08. The molecule has 21 heavy (non-hydrogen) atoms. The Morgan fingerprint density at radius 2 is 2.05 bits per heavy atom. The molecule has 0 atom stereocenters. The number of rotatable bonds is 3. The van der Waals surface area contributed by atoms with Gasteiger partial charge in [0.25, 0.3) is 0 Å². The number of nitrogens with one attached hydrogen (secondary N) is 1. The topological polar surface area (TPSA) is 34.1 Å². The molecule has 5 heteroatoms. The van der Waals surface area contributed by atoms with E-state index < -0.39 is 0 Å². The van der Waals surface area contributed by atoms with Crippen molar-refractivity contribution >= 4 is 48.9 Å². The molecule has 0 aliphatic carbocycles. The zero-order valence-electron chi connectivity index (χ0n) is 12.0. The van der Waals surface area contributed by atoms with Crippen molar-refractivity contribution in [3.63, 3.8) is 0 Å². The molecule has 2 aromatic heterocycles. The van der Waals surface area contributed by atoms with E-state index in [1.54, 1.807) is 18.4 Å². The van der Waals surface area contributed by atoms with Crippen LogP contribution >= 0.6 is 27.3 Å². The maximum atomic E-state index is 5.40. The lowest BCUT2D eigenvalue weighted by Gasteiger charge is -2.16. The van der Waals surface area contributed by atoms with E-state index in [4.69, 9.17) is 4.74 Å². The predicted molar refractivity (Wildman–Crippen MR) is 93.1 cm³/mol. The highest BCUT2D eigenvalue weighted by molar-refractivity contribution is 9.10. The third-order valence-corrected chi connectivity index (χ3v) is 5.50. The first-order chi connectivity index (χ1) is 10.1. The molecule has 0 aliphatic rings. The number of aryl methyl sites for hydroxylation is 1. The van der Waals surface area contributed by atoms with Crippen LogP contribution in [-0.2, 0) is 0 Å². The van der Waals surface area contributed by atoms with E-state index in [0.717, 1.165) is 38.2 Å². The average molecular weight is 363 g/mol. The van der Waals surface area contributed by atoms with Crippen molar-refractivity contribution in [3.05, 3.63) is 45.4 Å². The van der Waals surface area contributed by atoms with Crippen LogP contribution in [0.25, 0.3) is 10.1 Å². The maximum absolute atomic E-state index is 5.40. The van der Waals surface area contributed by atoms with Crippen molar-refractivity contribution in [1.29, 1.82) is 0 Å². The quantitative estimate of drug-likeness (QED) is 0.674. The lowest BCUT2D eigenvalue weighted by molar-refractivity contribution is 0.412. The Kier molecular flexibility index (Phi) is 3.87. The molecule has 0 unspecified atom stereocenters. The minimum absolute atomic E-state index is 0.824. The van der Waals surface area contributed by atoms with Crippen LogP contribution in [0.4, 0.5) is 11.5 Å². The van der Waals surface area contributed by atoms with Gasteiger partial charge in [0.15, 0.2) is 0 Å². The Morgan fingerprint density at radius 3 is 2.81 bits per heavy atom. The van der Waals surface area contributed by atoms with Gasteiger partial charge in [0.05, 0.1) is 16.3 Å². The van der Waals surface area contributed by atoms with E-state index in [0.29, 0.717) is 0 Å². The summed E-state index contributed by atoms with van der Waals surface area (Å²) < 4.78 is 7.59. The highest BCUT2D eigenvalue weighted by Crippen LogP contribution is 2.37. The predicted octanol–water partition coefficient (Wildman–Crippen LogP) is 5.43. The van der Waals surface area contributed by atoms with Gasteiger partial charge in [0.1, 0.15) is 11.6 Å². The number of anilines is 2. The van der Waals surface area contributed by atoms with E-state index in [1.165, 1.54) is 4.70 Å². The highest BCUT2D eigenvalue weighted by Gasteiger charge is 2.12. The Hall–Kier alpha value is -1.59. The standard InChI is InChI=1S/C16H15BrN2OS/c1-9-4-5-12(20-3)10(2)14(9)19-16-13(17)15-11(8-18-16)6-7-21-15/h4-8H,1-3H3,(H,18,19). The van der Waals surface area contributed by atoms with Crippen LogP contribution in [-0.4, -0.2) is 12.1 Å². The number of aromatic nitrogens is 1. The molecule has 0 fully saturated rings. The van der Waals surface area contributed by atoms with Gasteiger partial charge in [-0.2, -0.15) is 0 Å². The summed E-state index contributed by atoms with van der Waals surface area (Å²) in [5.41, 5.74) is 3.28. The molecule has 1 N–H and O–H groups in total. The molecule has 108 valence electrons. The van der Waals surface area contributed by atoms with Crippen molar-refractivity contribution in [3.8, 4) is 5.75 Å². The van der Waals surface area contributed by atoms with Gasteiger partial charge >= 0.3 is 0 Å².